The molecule has 10 heteroatoms. The number of carboxylic acid groups (broad SMARTS) is 1. The molecule has 1 aliphatic rings. The lowest BCUT2D eigenvalue weighted by atomic mass is 10.1. The van der Waals surface area contributed by atoms with Crippen molar-refractivity contribution in [1.29, 1.82) is 0 Å². The normalized spacial score (nSPS) is 18.1. The lowest BCUT2D eigenvalue weighted by Gasteiger charge is -2.39. The Balaban J connectivity index is 1.89. The monoisotopic (exact) mass is 424 g/mol. The zero-order valence-corrected chi connectivity index (χ0v) is 16.0. The van der Waals surface area contributed by atoms with Crippen molar-refractivity contribution in [2.45, 2.75) is 23.9 Å². The Kier molecular flexibility index (Phi) is 5.94. The maximum Gasteiger partial charge on any atom is 0.305 e. The Morgan fingerprint density at radius 1 is 1.07 bits per heavy atom. The van der Waals surface area contributed by atoms with Crippen LogP contribution in [-0.4, -0.2) is 53.7 Å². The molecule has 0 radical (unpaired) electrons. The largest absolute Gasteiger partial charge is 0.481 e. The van der Waals surface area contributed by atoms with E-state index in [1.54, 1.807) is 6.07 Å². The number of halogens is 2. The van der Waals surface area contributed by atoms with Gasteiger partial charge in [0, 0.05) is 25.7 Å². The molecule has 7 nitrogen and oxygen atoms in total. The van der Waals surface area contributed by atoms with Crippen LogP contribution in [0.2, 0.25) is 0 Å². The standard InChI is InChI=1S/C19H18F2N2O5S/c20-14-8-13(9-15(21)10-14)12-22-6-7-23(17(19(22)26)11-18(24)25)29(27,28)16-4-2-1-3-5-16/h1-5,8-10,17H,6-7,11-12H2,(H,24,25). The molecule has 1 N–H and O–H groups in total. The number of aliphatic carboxylic acids is 1. The summed E-state index contributed by atoms with van der Waals surface area (Å²) >= 11 is 0. The van der Waals surface area contributed by atoms with Gasteiger partial charge in [0.25, 0.3) is 0 Å². The maximum atomic E-state index is 13.4. The highest BCUT2D eigenvalue weighted by Crippen LogP contribution is 2.25. The molecule has 1 amide bonds. The second-order valence-electron chi connectivity index (χ2n) is 6.58. The van der Waals surface area contributed by atoms with Crippen molar-refractivity contribution >= 4 is 21.9 Å². The minimum atomic E-state index is -4.10. The molecule has 29 heavy (non-hydrogen) atoms. The minimum absolute atomic E-state index is 0.0425. The number of piperazine rings is 1. The molecule has 0 spiro atoms. The highest BCUT2D eigenvalue weighted by atomic mass is 32.2. The second-order valence-corrected chi connectivity index (χ2v) is 8.47. The Morgan fingerprint density at radius 3 is 2.28 bits per heavy atom. The van der Waals surface area contributed by atoms with Gasteiger partial charge in [-0.15, -0.1) is 0 Å². The number of benzene rings is 2. The predicted molar refractivity (Wildman–Crippen MR) is 98.1 cm³/mol. The fourth-order valence-electron chi connectivity index (χ4n) is 3.27. The van der Waals surface area contributed by atoms with Gasteiger partial charge in [-0.3, -0.25) is 9.59 Å². The smallest absolute Gasteiger partial charge is 0.305 e. The molecule has 1 atom stereocenters. The van der Waals surface area contributed by atoms with Crippen molar-refractivity contribution in [3.05, 3.63) is 65.7 Å². The van der Waals surface area contributed by atoms with E-state index in [0.717, 1.165) is 16.4 Å². The van der Waals surface area contributed by atoms with Crippen LogP contribution in [0.15, 0.2) is 53.4 Å². The molecule has 154 valence electrons. The van der Waals surface area contributed by atoms with Crippen molar-refractivity contribution in [3.63, 3.8) is 0 Å². The first-order chi connectivity index (χ1) is 13.7. The lowest BCUT2D eigenvalue weighted by molar-refractivity contribution is -0.147. The summed E-state index contributed by atoms with van der Waals surface area (Å²) in [4.78, 5) is 25.3. The lowest BCUT2D eigenvalue weighted by Crippen LogP contribution is -2.58. The van der Waals surface area contributed by atoms with Crippen LogP contribution in [0.4, 0.5) is 8.78 Å². The van der Waals surface area contributed by atoms with Gasteiger partial charge in [-0.2, -0.15) is 4.31 Å². The van der Waals surface area contributed by atoms with Gasteiger partial charge in [-0.25, -0.2) is 17.2 Å². The van der Waals surface area contributed by atoms with E-state index in [-0.39, 0.29) is 30.1 Å². The zero-order chi connectivity index (χ0) is 21.2. The van der Waals surface area contributed by atoms with Crippen molar-refractivity contribution in [2.75, 3.05) is 13.1 Å². The number of hydrogen-bond donors (Lipinski definition) is 1. The van der Waals surface area contributed by atoms with Gasteiger partial charge in [0.1, 0.15) is 17.7 Å². The summed E-state index contributed by atoms with van der Waals surface area (Å²) in [6, 6.07) is 8.78. The number of carbonyl (C=O) groups excluding carboxylic acids is 1. The summed E-state index contributed by atoms with van der Waals surface area (Å²) in [7, 11) is -4.10. The summed E-state index contributed by atoms with van der Waals surface area (Å²) in [5.41, 5.74) is 0.185. The Labute approximate surface area is 166 Å². The molecule has 0 bridgehead atoms. The Hall–Kier alpha value is -2.85. The average molecular weight is 424 g/mol. The van der Waals surface area contributed by atoms with Gasteiger partial charge >= 0.3 is 5.97 Å². The molecule has 1 unspecified atom stereocenters. The van der Waals surface area contributed by atoms with Gasteiger partial charge in [0.05, 0.1) is 11.3 Å². The number of hydrogen-bond acceptors (Lipinski definition) is 4. The summed E-state index contributed by atoms with van der Waals surface area (Å²) in [6.07, 6.45) is -0.723. The highest BCUT2D eigenvalue weighted by molar-refractivity contribution is 7.89. The van der Waals surface area contributed by atoms with E-state index in [9.17, 15) is 31.9 Å². The zero-order valence-electron chi connectivity index (χ0n) is 15.2. The van der Waals surface area contributed by atoms with Crippen LogP contribution in [-0.2, 0) is 26.2 Å². The van der Waals surface area contributed by atoms with E-state index in [1.165, 1.54) is 29.2 Å². The molecule has 0 aliphatic carbocycles. The van der Waals surface area contributed by atoms with Crippen LogP contribution in [0, 0.1) is 11.6 Å². The summed E-state index contributed by atoms with van der Waals surface area (Å²) in [6.45, 7) is -0.347. The quantitative estimate of drug-likeness (QED) is 0.764. The number of amides is 1. The number of nitrogens with zero attached hydrogens (tertiary/aromatic N) is 2. The average Bonchev–Trinajstić information content (AvgIpc) is 2.64. The van der Waals surface area contributed by atoms with Gasteiger partial charge in [-0.1, -0.05) is 18.2 Å². The molecule has 3 rings (SSSR count). The number of rotatable bonds is 6. The third kappa shape index (κ3) is 4.60. The van der Waals surface area contributed by atoms with Crippen LogP contribution in [0.1, 0.15) is 12.0 Å². The molecule has 0 saturated carbocycles. The van der Waals surface area contributed by atoms with Crippen LogP contribution >= 0.6 is 0 Å². The van der Waals surface area contributed by atoms with E-state index < -0.39 is 46.0 Å². The Bertz CT molecular complexity index is 1010. The maximum absolute atomic E-state index is 13.4. The first-order valence-electron chi connectivity index (χ1n) is 8.71. The fraction of sp³-hybridized carbons (Fsp3) is 0.263. The summed E-state index contributed by atoms with van der Waals surface area (Å²) in [5, 5.41) is 9.19. The summed E-state index contributed by atoms with van der Waals surface area (Å²) < 4.78 is 53.6. The van der Waals surface area contributed by atoms with Crippen molar-refractivity contribution in [3.8, 4) is 0 Å². The van der Waals surface area contributed by atoms with Gasteiger partial charge in [0.15, 0.2) is 0 Å². The highest BCUT2D eigenvalue weighted by Gasteiger charge is 2.42. The van der Waals surface area contributed by atoms with Gasteiger partial charge in [0.2, 0.25) is 15.9 Å². The van der Waals surface area contributed by atoms with E-state index in [0.29, 0.717) is 6.07 Å². The third-order valence-electron chi connectivity index (χ3n) is 4.55. The molecular weight excluding hydrogens is 406 g/mol. The Morgan fingerprint density at radius 2 is 1.69 bits per heavy atom. The van der Waals surface area contributed by atoms with Gasteiger partial charge in [-0.05, 0) is 29.8 Å². The van der Waals surface area contributed by atoms with Crippen LogP contribution in [0.25, 0.3) is 0 Å². The number of carboxylic acids is 1. The molecular formula is C19H18F2N2O5S. The first-order valence-corrected chi connectivity index (χ1v) is 10.1. The van der Waals surface area contributed by atoms with Crippen LogP contribution in [0.5, 0.6) is 0 Å². The molecule has 1 fully saturated rings. The van der Waals surface area contributed by atoms with Crippen molar-refractivity contribution in [1.82, 2.24) is 9.21 Å². The second kappa shape index (κ2) is 8.26. The molecule has 2 aromatic rings. The van der Waals surface area contributed by atoms with Crippen molar-refractivity contribution < 1.29 is 31.9 Å². The third-order valence-corrected chi connectivity index (χ3v) is 6.47. The molecule has 1 saturated heterocycles. The van der Waals surface area contributed by atoms with E-state index in [2.05, 4.69) is 0 Å². The van der Waals surface area contributed by atoms with E-state index in [1.807, 2.05) is 0 Å². The number of carbonyl (C=O) groups is 2. The molecule has 0 aromatic heterocycles. The topological polar surface area (TPSA) is 95.0 Å². The fourth-order valence-corrected chi connectivity index (χ4v) is 4.86. The van der Waals surface area contributed by atoms with Crippen LogP contribution in [0.3, 0.4) is 0 Å². The van der Waals surface area contributed by atoms with Crippen molar-refractivity contribution in [2.24, 2.45) is 0 Å². The minimum Gasteiger partial charge on any atom is -0.481 e. The molecule has 1 heterocycles. The SMILES string of the molecule is O=C(O)CC1C(=O)N(Cc2cc(F)cc(F)c2)CCN1S(=O)(=O)c1ccccc1. The van der Waals surface area contributed by atoms with Gasteiger partial charge < -0.3 is 10.0 Å². The van der Waals surface area contributed by atoms with Crippen LogP contribution < -0.4 is 0 Å². The number of sulfonamides is 1. The first kappa shape index (κ1) is 20.9. The summed E-state index contributed by atoms with van der Waals surface area (Å²) in [5.74, 6) is -3.68. The van der Waals surface area contributed by atoms with E-state index >= 15 is 0 Å². The molecule has 2 aromatic carbocycles. The predicted octanol–water partition coefficient (Wildman–Crippen LogP) is 1.84. The molecule has 1 aliphatic heterocycles. The van der Waals surface area contributed by atoms with E-state index in [4.69, 9.17) is 0 Å².